The Kier molecular flexibility index (Phi) is 10.6. The molecule has 6 aromatic heterocycles. The van der Waals surface area contributed by atoms with E-state index in [-0.39, 0.29) is 20.1 Å². The van der Waals surface area contributed by atoms with Gasteiger partial charge in [-0.1, -0.05) is 90.3 Å². The number of rotatable bonds is 10. The molecule has 0 saturated carbocycles. The Morgan fingerprint density at radius 1 is 0.477 bits per heavy atom. The average Bonchev–Trinajstić information content (AvgIpc) is 3.93. The molecule has 310 valence electrons. The van der Waals surface area contributed by atoms with Crippen LogP contribution in [-0.4, -0.2) is 24.6 Å². The predicted molar refractivity (Wildman–Crippen MR) is 257 cm³/mol. The number of furan rings is 1. The van der Waals surface area contributed by atoms with Crippen molar-refractivity contribution < 1.29 is 24.5 Å². The number of para-hydroxylation sites is 1. The van der Waals surface area contributed by atoms with E-state index in [0.717, 1.165) is 114 Å². The molecule has 0 N–H and O–H groups in total. The largest absolute Gasteiger partial charge is 3.00 e. The summed E-state index contributed by atoms with van der Waals surface area (Å²) in [6, 6.07) is 66.7. The fourth-order valence-corrected chi connectivity index (χ4v) is 9.07. The van der Waals surface area contributed by atoms with Gasteiger partial charge >= 0.3 is 20.1 Å². The Hall–Kier alpha value is -7.57. The second kappa shape index (κ2) is 17.2. The third-order valence-electron chi connectivity index (χ3n) is 12.3. The van der Waals surface area contributed by atoms with E-state index in [2.05, 4.69) is 103 Å². The van der Waals surface area contributed by atoms with Crippen molar-refractivity contribution in [3.05, 3.63) is 223 Å². The van der Waals surface area contributed by atoms with Crippen molar-refractivity contribution in [3.63, 3.8) is 0 Å². The van der Waals surface area contributed by atoms with Crippen molar-refractivity contribution in [2.45, 2.75) is 25.7 Å². The first kappa shape index (κ1) is 40.2. The van der Waals surface area contributed by atoms with Gasteiger partial charge in [0.15, 0.2) is 5.58 Å². The van der Waals surface area contributed by atoms with Gasteiger partial charge in [0.2, 0.25) is 0 Å². The molecule has 6 heterocycles. The maximum absolute atomic E-state index is 6.56. The molecule has 0 saturated heterocycles. The van der Waals surface area contributed by atoms with Gasteiger partial charge in [-0.2, -0.15) is 5.10 Å². The third-order valence-corrected chi connectivity index (χ3v) is 12.3. The van der Waals surface area contributed by atoms with E-state index in [1.165, 1.54) is 27.8 Å². The van der Waals surface area contributed by atoms with Crippen molar-refractivity contribution in [2.24, 2.45) is 0 Å². The number of hydrogen-bond donors (Lipinski definition) is 0. The third kappa shape index (κ3) is 7.59. The fourth-order valence-electron chi connectivity index (χ4n) is 9.07. The summed E-state index contributed by atoms with van der Waals surface area (Å²) in [5, 5.41) is 8.02. The quantitative estimate of drug-likeness (QED) is 0.101. The first-order valence-electron chi connectivity index (χ1n) is 21.7. The fraction of sp³-hybridized carbons (Fsp3) is 0.0690. The Morgan fingerprint density at radius 3 is 1.74 bits per heavy atom. The minimum Gasteiger partial charge on any atom is -0.452 e. The van der Waals surface area contributed by atoms with E-state index in [4.69, 9.17) is 24.5 Å². The molecule has 6 aromatic carbocycles. The van der Waals surface area contributed by atoms with Gasteiger partial charge in [0, 0.05) is 24.0 Å². The second-order valence-corrected chi connectivity index (χ2v) is 16.3. The van der Waals surface area contributed by atoms with Crippen LogP contribution in [0, 0.1) is 18.2 Å². The van der Waals surface area contributed by atoms with Gasteiger partial charge in [0.25, 0.3) is 0 Å². The molecule has 0 aliphatic rings. The van der Waals surface area contributed by atoms with Gasteiger partial charge in [-0.3, -0.25) is 4.52 Å². The molecule has 0 amide bonds. The molecule has 0 atom stereocenters. The molecular formula is C58H38IrN5O. The average molecular weight is 1010 g/mol. The summed E-state index contributed by atoms with van der Waals surface area (Å²) in [5.41, 5.74) is 18.4. The van der Waals surface area contributed by atoms with Crippen LogP contribution >= 0.6 is 0 Å². The topological polar surface area (TPSA) is 69.1 Å². The molecule has 65 heavy (non-hydrogen) atoms. The van der Waals surface area contributed by atoms with Gasteiger partial charge < -0.3 is 19.4 Å². The second-order valence-electron chi connectivity index (χ2n) is 16.3. The molecule has 0 aliphatic carbocycles. The van der Waals surface area contributed by atoms with Crippen molar-refractivity contribution in [3.8, 4) is 44.8 Å². The first-order valence-corrected chi connectivity index (χ1v) is 21.7. The van der Waals surface area contributed by atoms with E-state index in [9.17, 15) is 0 Å². The van der Waals surface area contributed by atoms with Crippen LogP contribution < -0.4 is 0 Å². The zero-order valence-electron chi connectivity index (χ0n) is 35.1. The Balaban J connectivity index is 0.00000469. The van der Waals surface area contributed by atoms with Crippen LogP contribution in [0.3, 0.4) is 0 Å². The van der Waals surface area contributed by atoms with Crippen molar-refractivity contribution >= 4 is 49.4 Å². The zero-order valence-corrected chi connectivity index (χ0v) is 37.5. The Bertz CT molecular complexity index is 3550. The smallest absolute Gasteiger partial charge is 0.452 e. The molecule has 12 rings (SSSR count). The van der Waals surface area contributed by atoms with E-state index in [0.29, 0.717) is 0 Å². The molecule has 12 aromatic rings. The summed E-state index contributed by atoms with van der Waals surface area (Å²) in [4.78, 5) is 14.8. The molecular weight excluding hydrogens is 975 g/mol. The number of aryl methyl sites for hydroxylation is 4. The Morgan fingerprint density at radius 2 is 1.09 bits per heavy atom. The maximum atomic E-state index is 6.56. The molecule has 0 bridgehead atoms. The zero-order chi connectivity index (χ0) is 42.4. The number of benzene rings is 6. The Labute approximate surface area is 389 Å². The molecule has 0 aliphatic heterocycles. The number of pyridine rings is 4. The summed E-state index contributed by atoms with van der Waals surface area (Å²) >= 11 is 0. The van der Waals surface area contributed by atoms with Gasteiger partial charge in [0.1, 0.15) is 11.1 Å². The summed E-state index contributed by atoms with van der Waals surface area (Å²) < 4.78 is 8.57. The number of aromatic nitrogens is 5. The SMILES string of the molecule is [Ir+3].[c-]1ccccc1-c1ccc(CCc2cc(CCc3ccc(-c4[c-]cccc4)nc3)cc(-c3ccccc3-c3cnc4c5[c-]cccc5n5nc6c7ccccc7oc6c5c4c3)c2)cn1. The number of nitrogens with zero attached hydrogens (tertiary/aromatic N) is 5. The summed E-state index contributed by atoms with van der Waals surface area (Å²) in [6.45, 7) is 0. The van der Waals surface area contributed by atoms with Gasteiger partial charge in [-0.05, 0) is 110 Å². The normalized spacial score (nSPS) is 11.5. The van der Waals surface area contributed by atoms with Gasteiger partial charge in [-0.15, -0.1) is 96.1 Å². The van der Waals surface area contributed by atoms with Crippen LogP contribution in [0.4, 0.5) is 0 Å². The van der Waals surface area contributed by atoms with Crippen LogP contribution in [0.2, 0.25) is 0 Å². The van der Waals surface area contributed by atoms with E-state index >= 15 is 0 Å². The molecule has 0 fully saturated rings. The van der Waals surface area contributed by atoms with Crippen LogP contribution in [0.1, 0.15) is 22.3 Å². The molecule has 6 nitrogen and oxygen atoms in total. The van der Waals surface area contributed by atoms with Crippen LogP contribution in [0.15, 0.2) is 187 Å². The summed E-state index contributed by atoms with van der Waals surface area (Å²) in [5.74, 6) is 0. The minimum absolute atomic E-state index is 0. The van der Waals surface area contributed by atoms with Crippen molar-refractivity contribution in [2.75, 3.05) is 0 Å². The maximum Gasteiger partial charge on any atom is 3.00 e. The standard InChI is InChI=1S/C58H38N5O.Ir/c1-3-13-42(14-4-1)51-29-27-38(35-59-51)23-25-40-31-41(26-24-39-28-30-52(60-36-39)43-15-5-2-6-16-43)33-44(32-40)46-17-7-8-18-47(46)45-34-50-55(61-37-45)48-19-9-11-21-53(48)63-57(50)58-56(62-63)49-20-10-12-22-54(49)64-58;/h1-13,15,17-18,20-22,27-37H,23-26H2;/q-3;+3. The number of hydrogen-bond acceptors (Lipinski definition) is 5. The van der Waals surface area contributed by atoms with Crippen molar-refractivity contribution in [1.29, 1.82) is 0 Å². The van der Waals surface area contributed by atoms with Crippen LogP contribution in [0.5, 0.6) is 0 Å². The molecule has 0 spiro atoms. The van der Waals surface area contributed by atoms with Gasteiger partial charge in [0.05, 0.1) is 5.52 Å². The number of fused-ring (bicyclic) bond motifs is 10. The van der Waals surface area contributed by atoms with E-state index in [1.54, 1.807) is 0 Å². The predicted octanol–water partition coefficient (Wildman–Crippen LogP) is 13.4. The minimum atomic E-state index is 0. The van der Waals surface area contributed by atoms with Crippen LogP contribution in [-0.2, 0) is 45.8 Å². The summed E-state index contributed by atoms with van der Waals surface area (Å²) in [6.07, 6.45) is 9.50. The molecule has 0 radical (unpaired) electrons. The molecule has 0 unspecified atom stereocenters. The van der Waals surface area contributed by atoms with Crippen LogP contribution in [0.25, 0.3) is 94.2 Å². The monoisotopic (exact) mass is 1010 g/mol. The van der Waals surface area contributed by atoms with E-state index < -0.39 is 0 Å². The molecule has 7 heteroatoms. The van der Waals surface area contributed by atoms with E-state index in [1.807, 2.05) is 102 Å². The first-order chi connectivity index (χ1) is 31.7. The van der Waals surface area contributed by atoms with Crippen molar-refractivity contribution in [1.82, 2.24) is 24.6 Å². The summed E-state index contributed by atoms with van der Waals surface area (Å²) in [7, 11) is 0. The van der Waals surface area contributed by atoms with Gasteiger partial charge in [-0.25, -0.2) is 0 Å².